The van der Waals surface area contributed by atoms with Gasteiger partial charge in [0.05, 0.1) is 30.9 Å². The lowest BCUT2D eigenvalue weighted by molar-refractivity contribution is 0.0263. The van der Waals surface area contributed by atoms with E-state index in [0.29, 0.717) is 61.4 Å². The van der Waals surface area contributed by atoms with Crippen LogP contribution in [0.5, 0.6) is 11.5 Å². The Kier molecular flexibility index (Phi) is 13.3. The van der Waals surface area contributed by atoms with Crippen LogP contribution in [0, 0.1) is 23.7 Å². The van der Waals surface area contributed by atoms with E-state index < -0.39 is 21.3 Å². The molecule has 15 nitrogen and oxygen atoms in total. The molecule has 8 rings (SSSR count). The number of rotatable bonds is 6. The second-order valence-electron chi connectivity index (χ2n) is 17.7. The first kappa shape index (κ1) is 43.5. The molecule has 2 aromatic heterocycles. The summed E-state index contributed by atoms with van der Waals surface area (Å²) in [6.07, 6.45) is 10.1. The Hall–Kier alpha value is -5.09. The highest BCUT2D eigenvalue weighted by Gasteiger charge is 2.45. The molecule has 2 aliphatic carbocycles. The number of carbonyl (C=O) groups excluding carboxylic acids is 2. The van der Waals surface area contributed by atoms with E-state index in [9.17, 15) is 18.0 Å². The number of aromatic hydroxyl groups is 1. The molecule has 2 amide bonds. The van der Waals surface area contributed by atoms with Crippen molar-refractivity contribution in [2.75, 3.05) is 32.4 Å². The van der Waals surface area contributed by atoms with Gasteiger partial charge in [-0.05, 0) is 127 Å². The number of hydrogen-bond acceptors (Lipinski definition) is 13. The summed E-state index contributed by atoms with van der Waals surface area (Å²) in [7, 11) is -3.40. The number of likely N-dealkylation sites (tertiary alicyclic amines) is 2. The van der Waals surface area contributed by atoms with Gasteiger partial charge < -0.3 is 38.0 Å². The van der Waals surface area contributed by atoms with Gasteiger partial charge >= 0.3 is 12.2 Å². The second-order valence-corrected chi connectivity index (χ2v) is 19.3. The molecule has 16 heteroatoms. The third kappa shape index (κ3) is 12.7. The smallest absolute Gasteiger partial charge is 0.410 e. The predicted octanol–water partition coefficient (Wildman–Crippen LogP) is 8.02. The molecule has 2 aromatic carbocycles. The molecule has 59 heavy (non-hydrogen) atoms. The third-order valence-corrected chi connectivity index (χ3v) is 11.0. The van der Waals surface area contributed by atoms with Crippen LogP contribution in [0.1, 0.15) is 67.2 Å². The van der Waals surface area contributed by atoms with E-state index >= 15 is 0 Å². The van der Waals surface area contributed by atoms with Crippen molar-refractivity contribution in [2.24, 2.45) is 23.7 Å². The van der Waals surface area contributed by atoms with E-state index in [2.05, 4.69) is 9.97 Å². The summed E-state index contributed by atoms with van der Waals surface area (Å²) in [6, 6.07) is 14.6. The van der Waals surface area contributed by atoms with E-state index in [0.717, 1.165) is 49.1 Å². The van der Waals surface area contributed by atoms with Crippen LogP contribution in [0.15, 0.2) is 82.3 Å². The fourth-order valence-corrected chi connectivity index (χ4v) is 8.78. The Balaban J connectivity index is 0.000000160. The van der Waals surface area contributed by atoms with Crippen molar-refractivity contribution in [3.63, 3.8) is 0 Å². The van der Waals surface area contributed by atoms with Gasteiger partial charge in [0.1, 0.15) is 35.2 Å². The van der Waals surface area contributed by atoms with Crippen LogP contribution < -0.4 is 4.74 Å². The SMILES string of the molecule is CC(C)(C)OC(=O)N1C[C@H]2CC(OS(C)(=O)=O)C[C@H]2C1.CC(C)(C)OC(=O)N1C[C@H]2CC(Oc3cccc(-c4ncco4)c3)C[C@H]2C1.Oc1cccc(-c2ncco2)c1. The van der Waals surface area contributed by atoms with Gasteiger partial charge in [-0.25, -0.2) is 19.6 Å². The number of hydrogen-bond donors (Lipinski definition) is 1. The number of amides is 2. The first-order valence-electron chi connectivity index (χ1n) is 20.0. The molecule has 4 aromatic rings. The Labute approximate surface area is 346 Å². The highest BCUT2D eigenvalue weighted by atomic mass is 32.2. The number of phenolic OH excluding ortho intramolecular Hbond substituents is 1. The van der Waals surface area contributed by atoms with Gasteiger partial charge in [-0.3, -0.25) is 4.18 Å². The summed E-state index contributed by atoms with van der Waals surface area (Å²) in [5.41, 5.74) is 0.747. The van der Waals surface area contributed by atoms with Gasteiger partial charge in [-0.2, -0.15) is 8.42 Å². The maximum atomic E-state index is 12.3. The lowest BCUT2D eigenvalue weighted by atomic mass is 10.0. The van der Waals surface area contributed by atoms with E-state index in [1.54, 1.807) is 41.8 Å². The molecule has 4 fully saturated rings. The van der Waals surface area contributed by atoms with Crippen molar-refractivity contribution in [3.05, 3.63) is 73.5 Å². The summed E-state index contributed by atoms with van der Waals surface area (Å²) in [5, 5.41) is 9.14. The monoisotopic (exact) mass is 836 g/mol. The minimum Gasteiger partial charge on any atom is -0.508 e. The topological polar surface area (TPSA) is 184 Å². The van der Waals surface area contributed by atoms with E-state index in [-0.39, 0.29) is 30.1 Å². The van der Waals surface area contributed by atoms with Crippen molar-refractivity contribution in [2.45, 2.75) is 90.6 Å². The maximum Gasteiger partial charge on any atom is 0.410 e. The van der Waals surface area contributed by atoms with Crippen LogP contribution in [0.4, 0.5) is 9.59 Å². The van der Waals surface area contributed by atoms with Crippen LogP contribution in [0.2, 0.25) is 0 Å². The molecule has 2 unspecified atom stereocenters. The first-order chi connectivity index (χ1) is 27.8. The number of ether oxygens (including phenoxy) is 3. The molecule has 2 saturated heterocycles. The first-order valence-corrected chi connectivity index (χ1v) is 21.8. The van der Waals surface area contributed by atoms with Crippen molar-refractivity contribution in [1.82, 2.24) is 19.8 Å². The van der Waals surface area contributed by atoms with Crippen molar-refractivity contribution in [3.8, 4) is 34.4 Å². The molecule has 6 atom stereocenters. The lowest BCUT2D eigenvalue weighted by Crippen LogP contribution is -2.36. The van der Waals surface area contributed by atoms with Crippen molar-refractivity contribution >= 4 is 22.3 Å². The van der Waals surface area contributed by atoms with Crippen LogP contribution in [0.3, 0.4) is 0 Å². The van der Waals surface area contributed by atoms with Gasteiger partial charge in [0.25, 0.3) is 10.1 Å². The standard InChI is InChI=1S/C21H26N2O4.C13H23NO5S.C9H7NO2/c1-21(2,3)27-20(24)23-12-15-10-18(11-16(15)13-23)26-17-6-4-5-14(9-17)19-22-7-8-25-19;1-13(2,3)18-12(15)14-7-9-5-11(6-10(9)8-14)19-20(4,16)17;11-8-3-1-2-7(6-8)9-10-4-5-12-9/h4-9,15-16,18H,10-13H2,1-3H3;9-11H,5-8H2,1-4H3;1-6,11H/t15-,16+,18?;9-,10+,11?;. The third-order valence-electron chi connectivity index (χ3n) is 10.4. The highest BCUT2D eigenvalue weighted by molar-refractivity contribution is 7.86. The normalized spacial score (nSPS) is 23.6. The molecule has 4 heterocycles. The summed E-state index contributed by atoms with van der Waals surface area (Å²) in [5.74, 6) is 3.76. The van der Waals surface area contributed by atoms with Crippen molar-refractivity contribution in [1.29, 1.82) is 0 Å². The predicted molar refractivity (Wildman–Crippen MR) is 218 cm³/mol. The molecule has 4 aliphatic rings. The van der Waals surface area contributed by atoms with E-state index in [4.69, 9.17) is 32.3 Å². The number of oxazole rings is 2. The Morgan fingerprint density at radius 2 is 1.14 bits per heavy atom. The molecule has 320 valence electrons. The maximum absolute atomic E-state index is 12.3. The Bertz CT molecular complexity index is 2080. The minimum atomic E-state index is -3.40. The van der Waals surface area contributed by atoms with Gasteiger partial charge in [0.15, 0.2) is 0 Å². The second kappa shape index (κ2) is 18.0. The fraction of sp³-hybridized carbons (Fsp3) is 0.535. The zero-order chi connectivity index (χ0) is 42.5. The van der Waals surface area contributed by atoms with Crippen LogP contribution >= 0.6 is 0 Å². The quantitative estimate of drug-likeness (QED) is 0.184. The summed E-state index contributed by atoms with van der Waals surface area (Å²) in [4.78, 5) is 36.0. The molecule has 0 radical (unpaired) electrons. The molecular formula is C43H56N4O11S. The van der Waals surface area contributed by atoms with E-state index in [1.165, 1.54) is 6.26 Å². The van der Waals surface area contributed by atoms with Crippen LogP contribution in [0.25, 0.3) is 22.9 Å². The fourth-order valence-electron chi connectivity index (χ4n) is 8.13. The number of phenols is 1. The zero-order valence-corrected chi connectivity index (χ0v) is 35.6. The molecule has 1 N–H and O–H groups in total. The average Bonchev–Trinajstić information content (AvgIpc) is 3.97. The van der Waals surface area contributed by atoms with Gasteiger partial charge in [-0.15, -0.1) is 0 Å². The zero-order valence-electron chi connectivity index (χ0n) is 34.8. The lowest BCUT2D eigenvalue weighted by Gasteiger charge is -2.25. The van der Waals surface area contributed by atoms with Crippen molar-refractivity contribution < 1.29 is 50.3 Å². The molecule has 2 saturated carbocycles. The number of fused-ring (bicyclic) bond motifs is 2. The minimum absolute atomic E-state index is 0.181. The highest BCUT2D eigenvalue weighted by Crippen LogP contribution is 2.41. The molecule has 2 aliphatic heterocycles. The molecular weight excluding hydrogens is 781 g/mol. The van der Waals surface area contributed by atoms with Gasteiger partial charge in [-0.1, -0.05) is 12.1 Å². The number of carbonyl (C=O) groups is 2. The van der Waals surface area contributed by atoms with E-state index in [1.807, 2.05) is 76.8 Å². The van der Waals surface area contributed by atoms with Gasteiger partial charge in [0.2, 0.25) is 11.8 Å². The summed E-state index contributed by atoms with van der Waals surface area (Å²) in [6.45, 7) is 14.0. The number of nitrogens with zero attached hydrogens (tertiary/aromatic N) is 4. The van der Waals surface area contributed by atoms with Gasteiger partial charge in [0, 0.05) is 37.3 Å². The molecule has 0 bridgehead atoms. The Morgan fingerprint density at radius 1 is 0.695 bits per heavy atom. The van der Waals surface area contributed by atoms with Crippen LogP contribution in [-0.4, -0.2) is 101 Å². The largest absolute Gasteiger partial charge is 0.508 e. The average molecular weight is 837 g/mol. The Morgan fingerprint density at radius 3 is 1.54 bits per heavy atom. The number of aromatic nitrogens is 2. The summed E-state index contributed by atoms with van der Waals surface area (Å²) < 4.78 is 54.8. The van der Waals surface area contributed by atoms with Crippen LogP contribution in [-0.2, 0) is 23.8 Å². The number of benzene rings is 2. The molecule has 0 spiro atoms. The summed E-state index contributed by atoms with van der Waals surface area (Å²) >= 11 is 0.